The van der Waals surface area contributed by atoms with Crippen LogP contribution < -0.4 is 0 Å². The number of benzene rings is 4. The van der Waals surface area contributed by atoms with E-state index in [4.69, 9.17) is 0 Å². The highest BCUT2D eigenvalue weighted by Gasteiger charge is 2.15. The molecule has 39 heavy (non-hydrogen) atoms. The van der Waals surface area contributed by atoms with Gasteiger partial charge in [-0.25, -0.2) is 0 Å². The lowest BCUT2D eigenvalue weighted by atomic mass is 9.93. The van der Waals surface area contributed by atoms with Crippen LogP contribution in [-0.4, -0.2) is 29.5 Å². The predicted molar refractivity (Wildman–Crippen MR) is 160 cm³/mol. The highest BCUT2D eigenvalue weighted by molar-refractivity contribution is 9.09. The minimum atomic E-state index is -0.255. The van der Waals surface area contributed by atoms with E-state index >= 15 is 0 Å². The summed E-state index contributed by atoms with van der Waals surface area (Å²) in [5.41, 5.74) is 3.75. The fourth-order valence-electron chi connectivity index (χ4n) is 3.64. The van der Waals surface area contributed by atoms with Gasteiger partial charge in [-0.1, -0.05) is 137 Å². The molecule has 0 fully saturated rings. The van der Waals surface area contributed by atoms with E-state index in [0.29, 0.717) is 23.7 Å². The Balaban J connectivity index is 0.000000225. The molecule has 0 spiro atoms. The molecule has 0 aromatic heterocycles. The number of aryl methyl sites for hydroxylation is 1. The van der Waals surface area contributed by atoms with E-state index in [0.717, 1.165) is 30.1 Å². The molecule has 0 amide bonds. The summed E-state index contributed by atoms with van der Waals surface area (Å²) in [5, 5.41) is 0.400. The Labute approximate surface area is 239 Å². The first kappa shape index (κ1) is 31.3. The molecule has 5 heteroatoms. The van der Waals surface area contributed by atoms with Crippen LogP contribution in [0.5, 0.6) is 0 Å². The minimum absolute atomic E-state index is 0.0219. The van der Waals surface area contributed by atoms with Crippen LogP contribution in [0.2, 0.25) is 0 Å². The Morgan fingerprint density at radius 1 is 0.615 bits per heavy atom. The number of carbonyl (C=O) groups is 4. The van der Waals surface area contributed by atoms with E-state index < -0.39 is 0 Å². The lowest BCUT2D eigenvalue weighted by Crippen LogP contribution is -2.12. The molecule has 0 heterocycles. The Hall–Kier alpha value is -3.96. The number of hydrogen-bond donors (Lipinski definition) is 0. The van der Waals surface area contributed by atoms with Crippen LogP contribution in [0.15, 0.2) is 121 Å². The fraction of sp³-hybridized carbons (Fsp3) is 0.176. The highest BCUT2D eigenvalue weighted by atomic mass is 79.9. The normalized spacial score (nSPS) is 10.5. The Morgan fingerprint density at radius 3 is 1.49 bits per heavy atom. The number of Topliss-reactive ketones (excluding diaryl/α,β-unsaturated/α-hetero) is 2. The summed E-state index contributed by atoms with van der Waals surface area (Å²) >= 11 is 3.10. The second-order valence-corrected chi connectivity index (χ2v) is 9.25. The summed E-state index contributed by atoms with van der Waals surface area (Å²) in [7, 11) is 0. The zero-order valence-electron chi connectivity index (χ0n) is 21.8. The fourth-order valence-corrected chi connectivity index (χ4v) is 3.96. The summed E-state index contributed by atoms with van der Waals surface area (Å²) in [5.74, 6) is -0.107. The summed E-state index contributed by atoms with van der Waals surface area (Å²) in [6.07, 6.45) is 4.21. The Kier molecular flexibility index (Phi) is 15.4. The van der Waals surface area contributed by atoms with Crippen LogP contribution in [0.25, 0.3) is 0 Å². The van der Waals surface area contributed by atoms with Gasteiger partial charge in [0.2, 0.25) is 0 Å². The van der Waals surface area contributed by atoms with Gasteiger partial charge in [0.1, 0.15) is 12.6 Å². The second-order valence-electron chi connectivity index (χ2n) is 8.69. The summed E-state index contributed by atoms with van der Waals surface area (Å²) in [4.78, 5) is 44.1. The molecule has 0 aliphatic rings. The van der Waals surface area contributed by atoms with Gasteiger partial charge >= 0.3 is 0 Å². The van der Waals surface area contributed by atoms with Crippen molar-refractivity contribution in [2.24, 2.45) is 5.92 Å². The first-order chi connectivity index (χ1) is 19.1. The first-order valence-corrected chi connectivity index (χ1v) is 13.9. The van der Waals surface area contributed by atoms with Gasteiger partial charge in [-0.2, -0.15) is 0 Å². The van der Waals surface area contributed by atoms with Crippen molar-refractivity contribution < 1.29 is 19.2 Å². The third-order valence-electron chi connectivity index (χ3n) is 5.69. The van der Waals surface area contributed by atoms with Crippen molar-refractivity contribution in [3.63, 3.8) is 0 Å². The molecule has 0 unspecified atom stereocenters. The van der Waals surface area contributed by atoms with Gasteiger partial charge < -0.3 is 9.59 Å². The standard InChI is InChI=1S/C17H16O2.C9H10O.C8H7BrO/c18-13-15(11-14-7-3-1-4-8-14)12-17(19)16-9-5-2-6-10-16;10-8-4-7-9-5-2-1-3-6-9;9-6-8(10)7-4-2-1-3-5-7/h1-10,13,15H,11-12H2;1-3,5-6,8H,4,7H2;1-5H,6H2/t15-;;/m1../s1. The second kappa shape index (κ2) is 19.2. The van der Waals surface area contributed by atoms with Crippen LogP contribution >= 0.6 is 15.9 Å². The lowest BCUT2D eigenvalue weighted by Gasteiger charge is -2.09. The molecular weight excluding hydrogens is 552 g/mol. The molecule has 4 rings (SSSR count). The van der Waals surface area contributed by atoms with Gasteiger partial charge in [0.05, 0.1) is 5.33 Å². The molecule has 200 valence electrons. The maximum absolute atomic E-state index is 12.0. The predicted octanol–water partition coefficient (Wildman–Crippen LogP) is 7.40. The van der Waals surface area contributed by atoms with Gasteiger partial charge in [0, 0.05) is 29.9 Å². The number of rotatable bonds is 11. The number of halogens is 1. The van der Waals surface area contributed by atoms with E-state index in [2.05, 4.69) is 15.9 Å². The van der Waals surface area contributed by atoms with Crippen LogP contribution in [0.1, 0.15) is 44.7 Å². The third-order valence-corrected chi connectivity index (χ3v) is 6.20. The lowest BCUT2D eigenvalue weighted by molar-refractivity contribution is -0.111. The SMILES string of the molecule is O=C(CBr)c1ccccc1.O=CCCc1ccccc1.O=C[C@@H](CC(=O)c1ccccc1)Cc1ccccc1. The quantitative estimate of drug-likeness (QED) is 0.105. The number of hydrogen-bond acceptors (Lipinski definition) is 4. The van der Waals surface area contributed by atoms with E-state index in [-0.39, 0.29) is 23.9 Å². The van der Waals surface area contributed by atoms with Crippen LogP contribution in [0.3, 0.4) is 0 Å². The molecule has 1 atom stereocenters. The van der Waals surface area contributed by atoms with Crippen molar-refractivity contribution >= 4 is 40.1 Å². The minimum Gasteiger partial charge on any atom is -0.303 e. The maximum Gasteiger partial charge on any atom is 0.173 e. The Bertz CT molecular complexity index is 1240. The summed E-state index contributed by atoms with van der Waals surface area (Å²) in [6, 6.07) is 38.1. The van der Waals surface area contributed by atoms with Gasteiger partial charge in [0.25, 0.3) is 0 Å². The smallest absolute Gasteiger partial charge is 0.173 e. The molecule has 0 N–H and O–H groups in total. The molecule has 0 bridgehead atoms. The van der Waals surface area contributed by atoms with Gasteiger partial charge in [-0.3, -0.25) is 9.59 Å². The molecule has 0 aliphatic heterocycles. The van der Waals surface area contributed by atoms with Crippen molar-refractivity contribution in [3.8, 4) is 0 Å². The van der Waals surface area contributed by atoms with E-state index in [9.17, 15) is 19.2 Å². The van der Waals surface area contributed by atoms with Gasteiger partial charge in [-0.05, 0) is 24.0 Å². The van der Waals surface area contributed by atoms with Gasteiger partial charge in [0.15, 0.2) is 11.6 Å². The molecular formula is C34H33BrO4. The molecule has 0 aliphatic carbocycles. The van der Waals surface area contributed by atoms with E-state index in [1.807, 2.05) is 109 Å². The number of ketones is 2. The maximum atomic E-state index is 12.0. The Morgan fingerprint density at radius 2 is 1.05 bits per heavy atom. The topological polar surface area (TPSA) is 68.3 Å². The van der Waals surface area contributed by atoms with Crippen LogP contribution in [0.4, 0.5) is 0 Å². The van der Waals surface area contributed by atoms with Crippen LogP contribution in [-0.2, 0) is 22.4 Å². The van der Waals surface area contributed by atoms with Crippen molar-refractivity contribution in [2.75, 3.05) is 5.33 Å². The molecule has 4 aromatic rings. The van der Waals surface area contributed by atoms with Crippen LogP contribution in [0, 0.1) is 5.92 Å². The number of alkyl halides is 1. The van der Waals surface area contributed by atoms with E-state index in [1.165, 1.54) is 5.56 Å². The molecule has 0 saturated heterocycles. The number of carbonyl (C=O) groups excluding carboxylic acids is 4. The van der Waals surface area contributed by atoms with Crippen molar-refractivity contribution in [1.29, 1.82) is 0 Å². The molecule has 0 saturated carbocycles. The average molecular weight is 586 g/mol. The molecule has 4 aromatic carbocycles. The first-order valence-electron chi connectivity index (χ1n) is 12.8. The average Bonchev–Trinajstić information content (AvgIpc) is 3.01. The zero-order valence-corrected chi connectivity index (χ0v) is 23.4. The zero-order chi connectivity index (χ0) is 28.1. The van der Waals surface area contributed by atoms with Crippen molar-refractivity contribution in [3.05, 3.63) is 144 Å². The van der Waals surface area contributed by atoms with E-state index in [1.54, 1.807) is 12.1 Å². The van der Waals surface area contributed by atoms with Gasteiger partial charge in [-0.15, -0.1) is 0 Å². The monoisotopic (exact) mass is 584 g/mol. The number of aldehydes is 2. The molecule has 0 radical (unpaired) electrons. The highest BCUT2D eigenvalue weighted by Crippen LogP contribution is 2.14. The van der Waals surface area contributed by atoms with Crippen molar-refractivity contribution in [2.45, 2.75) is 25.7 Å². The third kappa shape index (κ3) is 12.9. The largest absolute Gasteiger partial charge is 0.303 e. The molecule has 4 nitrogen and oxygen atoms in total. The summed E-state index contributed by atoms with van der Waals surface area (Å²) < 4.78 is 0. The van der Waals surface area contributed by atoms with Crippen molar-refractivity contribution in [1.82, 2.24) is 0 Å². The summed E-state index contributed by atoms with van der Waals surface area (Å²) in [6.45, 7) is 0.